The van der Waals surface area contributed by atoms with Crippen LogP contribution >= 0.6 is 0 Å². The molecule has 4 aromatic rings. The van der Waals surface area contributed by atoms with Crippen LogP contribution in [0.15, 0.2) is 36.7 Å². The number of ether oxygens (including phenoxy) is 1. The molecule has 4 heterocycles. The molecule has 0 amide bonds. The third kappa shape index (κ3) is 3.11. The molecule has 3 aromatic heterocycles. The van der Waals surface area contributed by atoms with Crippen LogP contribution in [-0.4, -0.2) is 45.7 Å². The van der Waals surface area contributed by atoms with E-state index in [1.165, 1.54) is 6.07 Å². The number of anilines is 2. The molecule has 1 aliphatic heterocycles. The van der Waals surface area contributed by atoms with E-state index < -0.39 is 0 Å². The summed E-state index contributed by atoms with van der Waals surface area (Å²) in [4.78, 5) is 16.5. The van der Waals surface area contributed by atoms with Gasteiger partial charge in [0.2, 0.25) is 0 Å². The Morgan fingerprint density at radius 3 is 2.89 bits per heavy atom. The Morgan fingerprint density at radius 2 is 2.09 bits per heavy atom. The Morgan fingerprint density at radius 1 is 1.20 bits per heavy atom. The molecule has 3 aliphatic rings. The molecule has 8 nitrogen and oxygen atoms in total. The van der Waals surface area contributed by atoms with Crippen LogP contribution in [0, 0.1) is 17.7 Å². The summed E-state index contributed by atoms with van der Waals surface area (Å²) >= 11 is 0. The minimum Gasteiger partial charge on any atom is -0.423 e. The number of halogens is 1. The number of aromatic nitrogens is 4. The fourth-order valence-corrected chi connectivity index (χ4v) is 6.02. The van der Waals surface area contributed by atoms with Crippen molar-refractivity contribution in [3.8, 4) is 22.9 Å². The van der Waals surface area contributed by atoms with E-state index in [9.17, 15) is 4.39 Å². The van der Waals surface area contributed by atoms with Crippen molar-refractivity contribution in [2.45, 2.75) is 18.9 Å². The molecular weight excluding hydrogens is 445 g/mol. The average molecular weight is 472 g/mol. The number of fused-ring (bicyclic) bond motifs is 5. The van der Waals surface area contributed by atoms with Gasteiger partial charge in [-0.25, -0.2) is 9.37 Å². The zero-order valence-electron chi connectivity index (χ0n) is 19.6. The molecule has 0 bridgehead atoms. The van der Waals surface area contributed by atoms with Crippen molar-refractivity contribution in [2.75, 3.05) is 30.4 Å². The summed E-state index contributed by atoms with van der Waals surface area (Å²) in [6, 6.07) is 7.58. The standard InChI is InChI=1S/C26H26FN7O/c1-29-21-8-15(27)7-18-17(21)9-22-23(18)25(34-11-14-6-20(28)19(14)12-34)32-26(31-22)35-16-5-13-3-4-33(2)24(13)30-10-16/h3-5,7-8,10,14,19-20,29H,6,9,11-12,28H2,1-2H3. The third-order valence-corrected chi connectivity index (χ3v) is 7.85. The van der Waals surface area contributed by atoms with E-state index in [-0.39, 0.29) is 17.9 Å². The van der Waals surface area contributed by atoms with Gasteiger partial charge in [0.05, 0.1) is 11.9 Å². The van der Waals surface area contributed by atoms with Crippen molar-refractivity contribution in [2.24, 2.45) is 24.6 Å². The number of rotatable bonds is 4. The molecule has 3 N–H and O–H groups in total. The summed E-state index contributed by atoms with van der Waals surface area (Å²) in [6.45, 7) is 1.73. The molecule has 0 radical (unpaired) electrons. The van der Waals surface area contributed by atoms with E-state index in [2.05, 4.69) is 15.2 Å². The number of benzene rings is 1. The first-order chi connectivity index (χ1) is 17.0. The summed E-state index contributed by atoms with van der Waals surface area (Å²) in [5.74, 6) is 2.14. The SMILES string of the molecule is CNc1cc(F)cc2c1Cc1nc(Oc3cnc4c(ccn4C)c3)nc(N3CC4CC(N)C4C3)c1-2. The van der Waals surface area contributed by atoms with Gasteiger partial charge in [-0.1, -0.05) is 0 Å². The van der Waals surface area contributed by atoms with Gasteiger partial charge in [0.1, 0.15) is 23.0 Å². The Hall–Kier alpha value is -3.72. The van der Waals surface area contributed by atoms with Crippen LogP contribution in [0.25, 0.3) is 22.2 Å². The number of aryl methyl sites for hydroxylation is 1. The van der Waals surface area contributed by atoms with E-state index in [1.807, 2.05) is 37.0 Å². The van der Waals surface area contributed by atoms with Gasteiger partial charge in [-0.2, -0.15) is 9.97 Å². The van der Waals surface area contributed by atoms with Gasteiger partial charge in [0.15, 0.2) is 0 Å². The number of nitrogens with one attached hydrogen (secondary N) is 1. The first kappa shape index (κ1) is 20.6. The number of hydrogen-bond donors (Lipinski definition) is 2. The van der Waals surface area contributed by atoms with Crippen LogP contribution in [0.2, 0.25) is 0 Å². The van der Waals surface area contributed by atoms with E-state index in [0.717, 1.165) is 64.4 Å². The molecule has 7 rings (SSSR count). The van der Waals surface area contributed by atoms with Crippen molar-refractivity contribution >= 4 is 22.5 Å². The van der Waals surface area contributed by atoms with Gasteiger partial charge in [0, 0.05) is 62.5 Å². The average Bonchev–Trinajstić information content (AvgIpc) is 3.51. The normalized spacial score (nSPS) is 22.1. The summed E-state index contributed by atoms with van der Waals surface area (Å²) < 4.78 is 22.7. The van der Waals surface area contributed by atoms with Crippen molar-refractivity contribution in [3.63, 3.8) is 0 Å². The second kappa shape index (κ2) is 7.39. The summed E-state index contributed by atoms with van der Waals surface area (Å²) in [6.07, 6.45) is 5.28. The van der Waals surface area contributed by atoms with Gasteiger partial charge in [0.25, 0.3) is 0 Å². The molecule has 1 saturated heterocycles. The van der Waals surface area contributed by atoms with E-state index in [4.69, 9.17) is 20.4 Å². The fraction of sp³-hybridized carbons (Fsp3) is 0.346. The Balaban J connectivity index is 1.33. The minimum atomic E-state index is -0.280. The predicted octanol–water partition coefficient (Wildman–Crippen LogP) is 3.69. The van der Waals surface area contributed by atoms with Gasteiger partial charge in [-0.05, 0) is 53.6 Å². The summed E-state index contributed by atoms with van der Waals surface area (Å²) in [5.41, 5.74) is 11.6. The topological polar surface area (TPSA) is 94.1 Å². The second-order valence-electron chi connectivity index (χ2n) is 9.90. The maximum Gasteiger partial charge on any atom is 0.324 e. The van der Waals surface area contributed by atoms with Crippen molar-refractivity contribution in [1.82, 2.24) is 19.5 Å². The highest BCUT2D eigenvalue weighted by Crippen LogP contribution is 2.48. The lowest BCUT2D eigenvalue weighted by Gasteiger charge is -2.36. The van der Waals surface area contributed by atoms with Crippen molar-refractivity contribution in [3.05, 3.63) is 53.7 Å². The largest absolute Gasteiger partial charge is 0.423 e. The molecular formula is C26H26FN7O. The van der Waals surface area contributed by atoms with E-state index in [1.54, 1.807) is 12.3 Å². The highest BCUT2D eigenvalue weighted by atomic mass is 19.1. The Bertz CT molecular complexity index is 1500. The van der Waals surface area contributed by atoms with E-state index >= 15 is 0 Å². The van der Waals surface area contributed by atoms with Gasteiger partial charge in [-0.3, -0.25) is 0 Å². The Kier molecular flexibility index (Phi) is 4.36. The monoisotopic (exact) mass is 471 g/mol. The molecule has 9 heteroatoms. The molecule has 178 valence electrons. The first-order valence-corrected chi connectivity index (χ1v) is 12.0. The molecule has 1 saturated carbocycles. The number of hydrogen-bond acceptors (Lipinski definition) is 7. The Labute approximate surface area is 202 Å². The van der Waals surface area contributed by atoms with Crippen LogP contribution in [-0.2, 0) is 13.5 Å². The molecule has 3 atom stereocenters. The maximum atomic E-state index is 14.5. The minimum absolute atomic E-state index is 0.236. The van der Waals surface area contributed by atoms with Gasteiger partial charge in [-0.15, -0.1) is 0 Å². The number of pyridine rings is 1. The fourth-order valence-electron chi connectivity index (χ4n) is 6.02. The van der Waals surface area contributed by atoms with Gasteiger partial charge >= 0.3 is 6.01 Å². The van der Waals surface area contributed by atoms with Gasteiger partial charge < -0.3 is 25.3 Å². The number of nitrogens with zero attached hydrogens (tertiary/aromatic N) is 5. The van der Waals surface area contributed by atoms with Crippen LogP contribution in [0.4, 0.5) is 15.9 Å². The number of nitrogens with two attached hydrogens (primary N) is 1. The highest BCUT2D eigenvalue weighted by Gasteiger charge is 2.46. The molecule has 0 spiro atoms. The third-order valence-electron chi connectivity index (χ3n) is 7.85. The van der Waals surface area contributed by atoms with Crippen LogP contribution in [0.3, 0.4) is 0 Å². The predicted molar refractivity (Wildman–Crippen MR) is 132 cm³/mol. The lowest BCUT2D eigenvalue weighted by molar-refractivity contribution is 0.194. The molecule has 2 aliphatic carbocycles. The highest BCUT2D eigenvalue weighted by molar-refractivity contribution is 5.88. The van der Waals surface area contributed by atoms with Crippen molar-refractivity contribution < 1.29 is 9.13 Å². The maximum absolute atomic E-state index is 14.5. The van der Waals surface area contributed by atoms with E-state index in [0.29, 0.717) is 24.0 Å². The van der Waals surface area contributed by atoms with Crippen LogP contribution in [0.5, 0.6) is 11.8 Å². The molecule has 2 fully saturated rings. The van der Waals surface area contributed by atoms with Crippen LogP contribution in [0.1, 0.15) is 17.7 Å². The molecule has 35 heavy (non-hydrogen) atoms. The zero-order valence-corrected chi connectivity index (χ0v) is 19.6. The lowest BCUT2D eigenvalue weighted by Crippen LogP contribution is -2.46. The first-order valence-electron chi connectivity index (χ1n) is 12.0. The molecule has 1 aromatic carbocycles. The lowest BCUT2D eigenvalue weighted by atomic mass is 9.72. The second-order valence-corrected chi connectivity index (χ2v) is 9.90. The molecule has 3 unspecified atom stereocenters. The summed E-state index contributed by atoms with van der Waals surface area (Å²) in [5, 5.41) is 4.12. The summed E-state index contributed by atoms with van der Waals surface area (Å²) in [7, 11) is 3.77. The smallest absolute Gasteiger partial charge is 0.324 e. The quantitative estimate of drug-likeness (QED) is 0.413. The zero-order chi connectivity index (χ0) is 23.8. The van der Waals surface area contributed by atoms with Crippen LogP contribution < -0.4 is 20.7 Å². The van der Waals surface area contributed by atoms with Crippen molar-refractivity contribution in [1.29, 1.82) is 0 Å².